The van der Waals surface area contributed by atoms with Crippen LogP contribution in [0.2, 0.25) is 0 Å². The van der Waals surface area contributed by atoms with E-state index in [1.807, 2.05) is 11.9 Å². The number of carbonyl (C=O) groups excluding carboxylic acids is 1. The molecule has 0 bridgehead atoms. The van der Waals surface area contributed by atoms with Gasteiger partial charge in [0.1, 0.15) is 23.3 Å². The number of likely N-dealkylation sites (tertiary alicyclic amines) is 1. The Bertz CT molecular complexity index is 1110. The molecule has 1 aromatic carbocycles. The van der Waals surface area contributed by atoms with Crippen molar-refractivity contribution in [3.05, 3.63) is 52.1 Å². The number of alkyl halides is 2. The number of piperidine rings is 1. The third-order valence-electron chi connectivity index (χ3n) is 6.73. The van der Waals surface area contributed by atoms with Gasteiger partial charge in [-0.3, -0.25) is 4.79 Å². The van der Waals surface area contributed by atoms with Gasteiger partial charge in [-0.15, -0.1) is 0 Å². The highest BCUT2D eigenvalue weighted by Crippen LogP contribution is 2.37. The third kappa shape index (κ3) is 4.74. The highest BCUT2D eigenvalue weighted by Gasteiger charge is 2.29. The highest BCUT2D eigenvalue weighted by molar-refractivity contribution is 5.79. The maximum atomic E-state index is 14.7. The number of aryl methyl sites for hydroxylation is 1. The number of fused-ring (bicyclic) bond motifs is 1. The van der Waals surface area contributed by atoms with Crippen LogP contribution in [-0.4, -0.2) is 47.5 Å². The molecule has 1 amide bonds. The number of aromatic nitrogens is 2. The Balaban J connectivity index is 1.64. The van der Waals surface area contributed by atoms with Gasteiger partial charge in [-0.2, -0.15) is 0 Å². The van der Waals surface area contributed by atoms with E-state index in [0.717, 1.165) is 49.9 Å². The molecule has 1 aromatic heterocycles. The first-order valence-electron chi connectivity index (χ1n) is 11.5. The van der Waals surface area contributed by atoms with Crippen molar-refractivity contribution in [1.82, 2.24) is 14.9 Å². The molecular weight excluding hydrogens is 443 g/mol. The first-order chi connectivity index (χ1) is 16.2. The predicted molar refractivity (Wildman–Crippen MR) is 126 cm³/mol. The van der Waals surface area contributed by atoms with Gasteiger partial charge in [-0.25, -0.2) is 23.1 Å². The van der Waals surface area contributed by atoms with Crippen LogP contribution in [-0.2, 0) is 4.79 Å². The largest absolute Gasteiger partial charge is 0.363 e. The van der Waals surface area contributed by atoms with Crippen LogP contribution in [0, 0.1) is 18.7 Å². The summed E-state index contributed by atoms with van der Waals surface area (Å²) >= 11 is 0. The molecule has 1 atom stereocenters. The molecule has 6 nitrogen and oxygen atoms in total. The average molecular weight is 474 g/mol. The van der Waals surface area contributed by atoms with Crippen LogP contribution in [0.5, 0.6) is 0 Å². The zero-order valence-electron chi connectivity index (χ0n) is 19.9. The second-order valence-electron chi connectivity index (χ2n) is 9.13. The van der Waals surface area contributed by atoms with Crippen LogP contribution < -0.4 is 10.2 Å². The Kier molecular flexibility index (Phi) is 6.81. The molecule has 2 aliphatic heterocycles. The van der Waals surface area contributed by atoms with Gasteiger partial charge < -0.3 is 15.1 Å². The first-order valence-corrected chi connectivity index (χ1v) is 11.5. The number of benzene rings is 1. The fourth-order valence-corrected chi connectivity index (χ4v) is 4.85. The molecule has 9 heteroatoms. The number of likely N-dealkylation sites (N-methyl/N-ethyl adjacent to an activating group) is 1. The lowest BCUT2D eigenvalue weighted by molar-refractivity contribution is -0.130. The minimum Gasteiger partial charge on any atom is -0.363 e. The van der Waals surface area contributed by atoms with Crippen molar-refractivity contribution in [3.63, 3.8) is 0 Å². The fraction of sp³-hybridized carbons (Fsp3) is 0.480. The van der Waals surface area contributed by atoms with Gasteiger partial charge in [0.15, 0.2) is 0 Å². The number of halogens is 3. The van der Waals surface area contributed by atoms with Gasteiger partial charge in [0.25, 0.3) is 6.43 Å². The molecule has 0 saturated carbocycles. The van der Waals surface area contributed by atoms with Crippen molar-refractivity contribution in [2.24, 2.45) is 5.92 Å². The lowest BCUT2D eigenvalue weighted by atomic mass is 9.86. The Morgan fingerprint density at radius 2 is 1.85 bits per heavy atom. The Morgan fingerprint density at radius 3 is 2.50 bits per heavy atom. The first kappa shape index (κ1) is 24.0. The summed E-state index contributed by atoms with van der Waals surface area (Å²) in [6.07, 6.45) is 1.01. The molecule has 2 aromatic rings. The number of hydrogen-bond donors (Lipinski definition) is 1. The van der Waals surface area contributed by atoms with Crippen molar-refractivity contribution in [1.29, 1.82) is 0 Å². The summed E-state index contributed by atoms with van der Waals surface area (Å²) in [5.74, 6) is 1.43. The van der Waals surface area contributed by atoms with E-state index in [0.29, 0.717) is 17.6 Å². The molecule has 1 N–H and O–H groups in total. The lowest BCUT2D eigenvalue weighted by Gasteiger charge is -2.36. The summed E-state index contributed by atoms with van der Waals surface area (Å²) < 4.78 is 41.1. The predicted octanol–water partition coefficient (Wildman–Crippen LogP) is 5.13. The van der Waals surface area contributed by atoms with Crippen LogP contribution in [0.25, 0.3) is 6.08 Å². The summed E-state index contributed by atoms with van der Waals surface area (Å²) in [5.41, 5.74) is 1.60. The van der Waals surface area contributed by atoms with E-state index in [4.69, 9.17) is 0 Å². The van der Waals surface area contributed by atoms with Gasteiger partial charge in [0.2, 0.25) is 5.91 Å². The second-order valence-corrected chi connectivity index (χ2v) is 9.13. The van der Waals surface area contributed by atoms with Crippen LogP contribution in [0.3, 0.4) is 0 Å². The molecule has 1 fully saturated rings. The van der Waals surface area contributed by atoms with E-state index in [2.05, 4.69) is 26.3 Å². The van der Waals surface area contributed by atoms with Crippen LogP contribution in [0.4, 0.5) is 24.8 Å². The third-order valence-corrected chi connectivity index (χ3v) is 6.73. The second kappa shape index (κ2) is 9.64. The number of hydrogen-bond acceptors (Lipinski definition) is 5. The SMILES string of the molecule is CC(=O)N1CCC(C2=Cc3c(N[C@H](C)c4cccc(C(F)F)c4F)nc(C)nc3N(C)C2)CC1. The normalized spacial score (nSPS) is 17.5. The number of carbonyl (C=O) groups is 1. The highest BCUT2D eigenvalue weighted by atomic mass is 19.3. The minimum absolute atomic E-state index is 0.103. The van der Waals surface area contributed by atoms with E-state index in [-0.39, 0.29) is 11.5 Å². The fourth-order valence-electron chi connectivity index (χ4n) is 4.85. The zero-order valence-corrected chi connectivity index (χ0v) is 19.9. The molecule has 0 unspecified atom stereocenters. The van der Waals surface area contributed by atoms with E-state index < -0.39 is 23.8 Å². The van der Waals surface area contributed by atoms with Crippen molar-refractivity contribution in [2.45, 2.75) is 46.1 Å². The molecule has 1 saturated heterocycles. The molecular formula is C25H30F3N5O. The number of anilines is 2. The Morgan fingerprint density at radius 1 is 1.18 bits per heavy atom. The van der Waals surface area contributed by atoms with Crippen molar-refractivity contribution < 1.29 is 18.0 Å². The van der Waals surface area contributed by atoms with E-state index in [1.54, 1.807) is 20.8 Å². The van der Waals surface area contributed by atoms with Crippen molar-refractivity contribution in [3.8, 4) is 0 Å². The zero-order chi connectivity index (χ0) is 24.6. The maximum absolute atomic E-state index is 14.7. The van der Waals surface area contributed by atoms with E-state index in [1.165, 1.54) is 17.7 Å². The molecule has 0 aliphatic carbocycles. The van der Waals surface area contributed by atoms with Gasteiger partial charge in [-0.05, 0) is 44.3 Å². The van der Waals surface area contributed by atoms with Gasteiger partial charge >= 0.3 is 0 Å². The molecule has 3 heterocycles. The maximum Gasteiger partial charge on any atom is 0.266 e. The average Bonchev–Trinajstić information content (AvgIpc) is 2.79. The van der Waals surface area contributed by atoms with Gasteiger partial charge in [0.05, 0.1) is 17.2 Å². The summed E-state index contributed by atoms with van der Waals surface area (Å²) in [4.78, 5) is 24.8. The summed E-state index contributed by atoms with van der Waals surface area (Å²) in [7, 11) is 1.97. The van der Waals surface area contributed by atoms with E-state index >= 15 is 0 Å². The smallest absolute Gasteiger partial charge is 0.266 e. The molecule has 0 radical (unpaired) electrons. The molecule has 0 spiro atoms. The number of rotatable bonds is 5. The Labute approximate surface area is 197 Å². The van der Waals surface area contributed by atoms with E-state index in [9.17, 15) is 18.0 Å². The number of nitrogens with zero attached hydrogens (tertiary/aromatic N) is 4. The quantitative estimate of drug-likeness (QED) is 0.653. The molecule has 4 rings (SSSR count). The summed E-state index contributed by atoms with van der Waals surface area (Å²) in [6, 6.07) is 3.47. The lowest BCUT2D eigenvalue weighted by Crippen LogP contribution is -2.39. The van der Waals surface area contributed by atoms with Crippen LogP contribution >= 0.6 is 0 Å². The summed E-state index contributed by atoms with van der Waals surface area (Å²) in [6.45, 7) is 7.32. The van der Waals surface area contributed by atoms with Crippen molar-refractivity contribution >= 4 is 23.6 Å². The van der Waals surface area contributed by atoms with Crippen molar-refractivity contribution in [2.75, 3.05) is 36.9 Å². The van der Waals surface area contributed by atoms with Gasteiger partial charge in [-0.1, -0.05) is 18.2 Å². The molecule has 182 valence electrons. The number of amides is 1. The number of nitrogens with one attached hydrogen (secondary N) is 1. The minimum atomic E-state index is -2.88. The standard InChI is InChI=1S/C25H30F3N5O/c1-14(19-6-5-7-20(22(19)26)23(27)28)29-24-21-12-18(13-32(4)25(21)31-15(2)30-24)17-8-10-33(11-9-17)16(3)34/h5-7,12,14,17,23H,8-11,13H2,1-4H3,(H,29,30,31)/t14-/m1/s1. The van der Waals surface area contributed by atoms with Crippen LogP contribution in [0.1, 0.15) is 61.7 Å². The Hall–Kier alpha value is -3.10. The van der Waals surface area contributed by atoms with Gasteiger partial charge in [0, 0.05) is 39.2 Å². The van der Waals surface area contributed by atoms with Crippen LogP contribution in [0.15, 0.2) is 23.8 Å². The molecule has 34 heavy (non-hydrogen) atoms. The molecule has 2 aliphatic rings. The monoisotopic (exact) mass is 473 g/mol. The topological polar surface area (TPSA) is 61.4 Å². The summed E-state index contributed by atoms with van der Waals surface area (Å²) in [5, 5.41) is 3.24.